The topological polar surface area (TPSA) is 81.4 Å². The van der Waals surface area contributed by atoms with Gasteiger partial charge in [-0.25, -0.2) is 4.79 Å². The molecule has 0 atom stereocenters. The summed E-state index contributed by atoms with van der Waals surface area (Å²) < 4.78 is 0. The number of nitrogens with zero attached hydrogens (tertiary/aromatic N) is 2. The van der Waals surface area contributed by atoms with Gasteiger partial charge in [-0.3, -0.25) is 4.79 Å². The number of carboxylic acid groups (broad SMARTS) is 1. The third-order valence-electron chi connectivity index (χ3n) is 2.74. The zero-order valence-electron chi connectivity index (χ0n) is 9.63. The first-order valence-electron chi connectivity index (χ1n) is 5.64. The molecular formula is C12H12N2O3S. The molecule has 1 aromatic rings. The smallest absolute Gasteiger partial charge is 0.345 e. The highest BCUT2D eigenvalue weighted by Gasteiger charge is 2.33. The van der Waals surface area contributed by atoms with Crippen LogP contribution in [0.1, 0.15) is 38.6 Å². The number of hydrogen-bond acceptors (Lipinski definition) is 4. The van der Waals surface area contributed by atoms with Crippen molar-refractivity contribution in [2.45, 2.75) is 25.3 Å². The highest BCUT2D eigenvalue weighted by molar-refractivity contribution is 7.15. The van der Waals surface area contributed by atoms with Gasteiger partial charge in [-0.05, 0) is 25.0 Å². The van der Waals surface area contributed by atoms with Gasteiger partial charge in [0.15, 0.2) is 0 Å². The fourth-order valence-corrected chi connectivity index (χ4v) is 2.52. The summed E-state index contributed by atoms with van der Waals surface area (Å²) in [6.45, 7) is 0.417. The number of amides is 1. The highest BCUT2D eigenvalue weighted by Crippen LogP contribution is 2.29. The van der Waals surface area contributed by atoms with Gasteiger partial charge in [0.2, 0.25) is 0 Å². The molecule has 0 radical (unpaired) electrons. The number of carboxylic acids is 1. The lowest BCUT2D eigenvalue weighted by Gasteiger charge is -2.20. The van der Waals surface area contributed by atoms with Crippen LogP contribution in [0.25, 0.3) is 0 Å². The van der Waals surface area contributed by atoms with Gasteiger partial charge in [0.05, 0.1) is 17.4 Å². The number of thiophene rings is 1. The van der Waals surface area contributed by atoms with Crippen LogP contribution in [0.15, 0.2) is 12.1 Å². The maximum Gasteiger partial charge on any atom is 0.345 e. The Hall–Kier alpha value is -1.87. The number of carbonyl (C=O) groups excluding carboxylic acids is 1. The first-order valence-corrected chi connectivity index (χ1v) is 6.46. The quantitative estimate of drug-likeness (QED) is 0.881. The Morgan fingerprint density at radius 1 is 1.44 bits per heavy atom. The molecule has 1 amide bonds. The summed E-state index contributed by atoms with van der Waals surface area (Å²) in [5.41, 5.74) is 0. The summed E-state index contributed by atoms with van der Waals surface area (Å²) >= 11 is 0.982. The summed E-state index contributed by atoms with van der Waals surface area (Å²) in [5, 5.41) is 17.4. The molecule has 0 bridgehead atoms. The van der Waals surface area contributed by atoms with E-state index in [0.29, 0.717) is 17.8 Å². The van der Waals surface area contributed by atoms with Gasteiger partial charge < -0.3 is 10.0 Å². The van der Waals surface area contributed by atoms with Crippen LogP contribution < -0.4 is 0 Å². The fraction of sp³-hybridized carbons (Fsp3) is 0.417. The monoisotopic (exact) mass is 264 g/mol. The highest BCUT2D eigenvalue weighted by atomic mass is 32.1. The maximum absolute atomic E-state index is 12.2. The van der Waals surface area contributed by atoms with E-state index in [-0.39, 0.29) is 16.8 Å². The Morgan fingerprint density at radius 2 is 2.11 bits per heavy atom. The molecule has 1 fully saturated rings. The maximum atomic E-state index is 12.2. The molecule has 18 heavy (non-hydrogen) atoms. The van der Waals surface area contributed by atoms with Crippen molar-refractivity contribution in [3.63, 3.8) is 0 Å². The van der Waals surface area contributed by atoms with Crippen molar-refractivity contribution in [3.05, 3.63) is 21.9 Å². The van der Waals surface area contributed by atoms with Gasteiger partial charge >= 0.3 is 5.97 Å². The molecule has 6 heteroatoms. The van der Waals surface area contributed by atoms with Crippen LogP contribution in [-0.4, -0.2) is 34.5 Å². The molecule has 2 rings (SSSR count). The normalized spacial score (nSPS) is 13.9. The van der Waals surface area contributed by atoms with E-state index in [2.05, 4.69) is 0 Å². The minimum Gasteiger partial charge on any atom is -0.477 e. The SMILES string of the molecule is N#CCCN(C(=O)c1ccc(C(=O)O)s1)C1CC1. The first kappa shape index (κ1) is 12.6. The summed E-state index contributed by atoms with van der Waals surface area (Å²) in [6.07, 6.45) is 2.24. The number of rotatable bonds is 5. The fourth-order valence-electron chi connectivity index (χ4n) is 1.72. The van der Waals surface area contributed by atoms with Crippen molar-refractivity contribution in [3.8, 4) is 6.07 Å². The predicted octanol–water partition coefficient (Wildman–Crippen LogP) is 1.96. The molecule has 94 valence electrons. The largest absolute Gasteiger partial charge is 0.477 e. The molecule has 0 aliphatic heterocycles. The van der Waals surface area contributed by atoms with E-state index in [4.69, 9.17) is 10.4 Å². The van der Waals surface area contributed by atoms with Crippen molar-refractivity contribution >= 4 is 23.2 Å². The van der Waals surface area contributed by atoms with Crippen LogP contribution in [0, 0.1) is 11.3 Å². The van der Waals surface area contributed by atoms with Gasteiger partial charge in [-0.15, -0.1) is 11.3 Å². The first-order chi connectivity index (χ1) is 8.63. The summed E-state index contributed by atoms with van der Waals surface area (Å²) in [5.74, 6) is -1.18. The van der Waals surface area contributed by atoms with Gasteiger partial charge in [0.25, 0.3) is 5.91 Å². The Kier molecular flexibility index (Phi) is 3.63. The molecule has 1 aliphatic carbocycles. The van der Waals surface area contributed by atoms with Crippen LogP contribution in [0.2, 0.25) is 0 Å². The Morgan fingerprint density at radius 3 is 2.61 bits per heavy atom. The second kappa shape index (κ2) is 5.19. The average molecular weight is 264 g/mol. The average Bonchev–Trinajstić information content (AvgIpc) is 3.05. The van der Waals surface area contributed by atoms with Crippen LogP contribution >= 0.6 is 11.3 Å². The molecule has 1 aromatic heterocycles. The van der Waals surface area contributed by atoms with Crippen molar-refractivity contribution in [1.29, 1.82) is 5.26 Å². The lowest BCUT2D eigenvalue weighted by Crippen LogP contribution is -2.33. The van der Waals surface area contributed by atoms with Crippen molar-refractivity contribution in [2.75, 3.05) is 6.54 Å². The molecule has 1 heterocycles. The van der Waals surface area contributed by atoms with Crippen LogP contribution in [-0.2, 0) is 0 Å². The Balaban J connectivity index is 2.11. The molecule has 0 saturated heterocycles. The van der Waals surface area contributed by atoms with Crippen LogP contribution in [0.5, 0.6) is 0 Å². The minimum absolute atomic E-state index is 0.161. The van der Waals surface area contributed by atoms with E-state index >= 15 is 0 Å². The summed E-state index contributed by atoms with van der Waals surface area (Å²) in [7, 11) is 0. The third-order valence-corrected chi connectivity index (χ3v) is 3.80. The zero-order chi connectivity index (χ0) is 13.1. The third kappa shape index (κ3) is 2.68. The number of hydrogen-bond donors (Lipinski definition) is 1. The number of aromatic carboxylic acids is 1. The van der Waals surface area contributed by atoms with E-state index in [1.165, 1.54) is 12.1 Å². The lowest BCUT2D eigenvalue weighted by atomic mass is 10.3. The van der Waals surface area contributed by atoms with Gasteiger partial charge in [-0.1, -0.05) is 0 Å². The zero-order valence-corrected chi connectivity index (χ0v) is 10.4. The van der Waals surface area contributed by atoms with Gasteiger partial charge in [0.1, 0.15) is 4.88 Å². The molecule has 0 aromatic carbocycles. The van der Waals surface area contributed by atoms with E-state index < -0.39 is 5.97 Å². The molecule has 0 spiro atoms. The van der Waals surface area contributed by atoms with E-state index in [1.807, 2.05) is 6.07 Å². The van der Waals surface area contributed by atoms with Crippen molar-refractivity contribution in [1.82, 2.24) is 4.90 Å². The number of carbonyl (C=O) groups is 2. The Bertz CT molecular complexity index is 514. The molecule has 1 N–H and O–H groups in total. The number of nitriles is 1. The molecule has 0 unspecified atom stereocenters. The van der Waals surface area contributed by atoms with Crippen LogP contribution in [0.4, 0.5) is 0 Å². The molecule has 5 nitrogen and oxygen atoms in total. The predicted molar refractivity (Wildman–Crippen MR) is 65.6 cm³/mol. The molecule has 1 aliphatic rings. The minimum atomic E-state index is -1.02. The van der Waals surface area contributed by atoms with Crippen molar-refractivity contribution in [2.24, 2.45) is 0 Å². The summed E-state index contributed by atoms with van der Waals surface area (Å²) in [4.78, 5) is 25.2. The van der Waals surface area contributed by atoms with Gasteiger partial charge in [0, 0.05) is 12.6 Å². The standard InChI is InChI=1S/C12H12N2O3S/c13-6-1-7-14(8-2-3-8)11(15)9-4-5-10(18-9)12(16)17/h4-5,8H,1-3,7H2,(H,16,17). The van der Waals surface area contributed by atoms with E-state index in [1.54, 1.807) is 4.90 Å². The summed E-state index contributed by atoms with van der Waals surface area (Å²) in [6, 6.07) is 5.23. The van der Waals surface area contributed by atoms with Crippen LogP contribution in [0.3, 0.4) is 0 Å². The second-order valence-electron chi connectivity index (χ2n) is 4.11. The van der Waals surface area contributed by atoms with E-state index in [9.17, 15) is 9.59 Å². The Labute approximate surface area is 108 Å². The lowest BCUT2D eigenvalue weighted by molar-refractivity contribution is 0.0701. The van der Waals surface area contributed by atoms with Gasteiger partial charge in [-0.2, -0.15) is 5.26 Å². The molecular weight excluding hydrogens is 252 g/mol. The second-order valence-corrected chi connectivity index (χ2v) is 5.19. The molecule has 1 saturated carbocycles. The van der Waals surface area contributed by atoms with E-state index in [0.717, 1.165) is 24.2 Å². The van der Waals surface area contributed by atoms with Crippen molar-refractivity contribution < 1.29 is 14.7 Å².